The molecule has 3 heterocycles. The highest BCUT2D eigenvalue weighted by molar-refractivity contribution is 5.83. The standard InChI is InChI=1S/C16H17N3/c1-19-14-4-5-15(19)9-13(8-14)12-3-2-11-6-7-17-18-16(11)10-12/h2-3,6-8,10,14-15H,4-5,9H2,1H3. The van der Waals surface area contributed by atoms with Gasteiger partial charge in [-0.1, -0.05) is 18.2 Å². The molecule has 0 spiro atoms. The number of hydrogen-bond acceptors (Lipinski definition) is 3. The quantitative estimate of drug-likeness (QED) is 0.780. The van der Waals surface area contributed by atoms with Crippen LogP contribution in [0.2, 0.25) is 0 Å². The lowest BCUT2D eigenvalue weighted by atomic mass is 9.94. The van der Waals surface area contributed by atoms with E-state index in [0.29, 0.717) is 6.04 Å². The first kappa shape index (κ1) is 11.1. The molecule has 0 radical (unpaired) electrons. The Morgan fingerprint density at radius 3 is 3.05 bits per heavy atom. The van der Waals surface area contributed by atoms with Crippen LogP contribution in [0, 0.1) is 0 Å². The van der Waals surface area contributed by atoms with E-state index < -0.39 is 0 Å². The van der Waals surface area contributed by atoms with Crippen molar-refractivity contribution in [2.24, 2.45) is 0 Å². The monoisotopic (exact) mass is 251 g/mol. The summed E-state index contributed by atoms with van der Waals surface area (Å²) >= 11 is 0. The minimum absolute atomic E-state index is 0.631. The van der Waals surface area contributed by atoms with E-state index in [-0.39, 0.29) is 0 Å². The Morgan fingerprint density at radius 1 is 1.21 bits per heavy atom. The topological polar surface area (TPSA) is 29.0 Å². The van der Waals surface area contributed by atoms with Gasteiger partial charge in [-0.3, -0.25) is 4.90 Å². The number of nitrogens with zero attached hydrogens (tertiary/aromatic N) is 3. The molecule has 1 saturated heterocycles. The lowest BCUT2D eigenvalue weighted by Crippen LogP contribution is -2.34. The molecule has 2 atom stereocenters. The molecule has 1 aromatic heterocycles. The molecular formula is C16H17N3. The molecule has 3 heteroatoms. The van der Waals surface area contributed by atoms with Gasteiger partial charge < -0.3 is 0 Å². The Kier molecular flexibility index (Phi) is 2.42. The van der Waals surface area contributed by atoms with Crippen LogP contribution in [0.1, 0.15) is 24.8 Å². The average Bonchev–Trinajstić information content (AvgIpc) is 2.68. The van der Waals surface area contributed by atoms with Gasteiger partial charge in [-0.2, -0.15) is 10.2 Å². The van der Waals surface area contributed by atoms with Gasteiger partial charge in [-0.15, -0.1) is 0 Å². The Hall–Kier alpha value is -1.74. The van der Waals surface area contributed by atoms with E-state index in [9.17, 15) is 0 Å². The zero-order valence-corrected chi connectivity index (χ0v) is 11.1. The molecule has 0 amide bonds. The van der Waals surface area contributed by atoms with Gasteiger partial charge in [0.1, 0.15) is 0 Å². The fourth-order valence-electron chi connectivity index (χ4n) is 3.44. The van der Waals surface area contributed by atoms with Gasteiger partial charge in [0.15, 0.2) is 0 Å². The van der Waals surface area contributed by atoms with Crippen LogP contribution >= 0.6 is 0 Å². The summed E-state index contributed by atoms with van der Waals surface area (Å²) in [7, 11) is 2.25. The van der Waals surface area contributed by atoms with Gasteiger partial charge in [0.05, 0.1) is 11.7 Å². The molecule has 1 aromatic carbocycles. The molecule has 19 heavy (non-hydrogen) atoms. The number of fused-ring (bicyclic) bond motifs is 3. The van der Waals surface area contributed by atoms with E-state index in [1.165, 1.54) is 30.4 Å². The van der Waals surface area contributed by atoms with Crippen molar-refractivity contribution in [3.63, 3.8) is 0 Å². The fourth-order valence-corrected chi connectivity index (χ4v) is 3.44. The molecule has 4 rings (SSSR count). The van der Waals surface area contributed by atoms with Gasteiger partial charge in [0.2, 0.25) is 0 Å². The maximum Gasteiger partial charge on any atom is 0.0935 e. The number of likely N-dealkylation sites (N-methyl/N-ethyl adjacent to an activating group) is 1. The molecule has 1 fully saturated rings. The molecule has 0 aliphatic carbocycles. The summed E-state index contributed by atoms with van der Waals surface area (Å²) in [6.45, 7) is 0. The first-order chi connectivity index (χ1) is 9.31. The Bertz CT molecular complexity index is 662. The van der Waals surface area contributed by atoms with E-state index in [2.05, 4.69) is 46.4 Å². The maximum atomic E-state index is 4.22. The van der Waals surface area contributed by atoms with Crippen molar-refractivity contribution in [2.45, 2.75) is 31.3 Å². The minimum atomic E-state index is 0.631. The zero-order chi connectivity index (χ0) is 12.8. The first-order valence-electron chi connectivity index (χ1n) is 6.96. The lowest BCUT2D eigenvalue weighted by molar-refractivity contribution is 0.264. The molecule has 2 unspecified atom stereocenters. The van der Waals surface area contributed by atoms with Gasteiger partial charge >= 0.3 is 0 Å². The largest absolute Gasteiger partial charge is 0.297 e. The molecular weight excluding hydrogens is 234 g/mol. The van der Waals surface area contributed by atoms with Gasteiger partial charge in [-0.25, -0.2) is 0 Å². The molecule has 2 bridgehead atoms. The fraction of sp³-hybridized carbons (Fsp3) is 0.375. The molecule has 2 aromatic rings. The van der Waals surface area contributed by atoms with Crippen molar-refractivity contribution >= 4 is 16.5 Å². The van der Waals surface area contributed by atoms with Crippen molar-refractivity contribution < 1.29 is 0 Å². The van der Waals surface area contributed by atoms with Crippen molar-refractivity contribution in [3.05, 3.63) is 42.1 Å². The van der Waals surface area contributed by atoms with Gasteiger partial charge in [0, 0.05) is 17.5 Å². The Morgan fingerprint density at radius 2 is 2.16 bits per heavy atom. The van der Waals surface area contributed by atoms with E-state index in [1.807, 2.05) is 6.07 Å². The number of hydrogen-bond donors (Lipinski definition) is 0. The second kappa shape index (κ2) is 4.14. The van der Waals surface area contributed by atoms with Gasteiger partial charge in [-0.05, 0) is 49.6 Å². The molecule has 0 N–H and O–H groups in total. The summed E-state index contributed by atoms with van der Waals surface area (Å²) in [6, 6.07) is 9.92. The summed E-state index contributed by atoms with van der Waals surface area (Å²) in [6.07, 6.45) is 7.99. The van der Waals surface area contributed by atoms with Crippen LogP contribution in [0.25, 0.3) is 16.5 Å². The Labute approximate surface area is 112 Å². The minimum Gasteiger partial charge on any atom is -0.297 e. The lowest BCUT2D eigenvalue weighted by Gasteiger charge is -2.30. The molecule has 0 saturated carbocycles. The smallest absolute Gasteiger partial charge is 0.0935 e. The molecule has 96 valence electrons. The van der Waals surface area contributed by atoms with E-state index in [4.69, 9.17) is 0 Å². The van der Waals surface area contributed by atoms with Crippen LogP contribution in [0.5, 0.6) is 0 Å². The van der Waals surface area contributed by atoms with Crippen LogP contribution in [-0.4, -0.2) is 34.2 Å². The normalized spacial score (nSPS) is 26.7. The van der Waals surface area contributed by atoms with Gasteiger partial charge in [0.25, 0.3) is 0 Å². The molecule has 3 nitrogen and oxygen atoms in total. The summed E-state index contributed by atoms with van der Waals surface area (Å²) in [5.74, 6) is 0. The first-order valence-corrected chi connectivity index (χ1v) is 6.96. The van der Waals surface area contributed by atoms with Crippen molar-refractivity contribution in [1.82, 2.24) is 15.1 Å². The summed E-state index contributed by atoms with van der Waals surface area (Å²) in [5.41, 5.74) is 3.79. The molecule has 2 aliphatic heterocycles. The number of aromatic nitrogens is 2. The highest BCUT2D eigenvalue weighted by Crippen LogP contribution is 2.37. The van der Waals surface area contributed by atoms with Crippen molar-refractivity contribution in [2.75, 3.05) is 7.05 Å². The summed E-state index contributed by atoms with van der Waals surface area (Å²) < 4.78 is 0. The average molecular weight is 251 g/mol. The second-order valence-electron chi connectivity index (χ2n) is 5.66. The van der Waals surface area contributed by atoms with Crippen LogP contribution in [0.4, 0.5) is 0 Å². The van der Waals surface area contributed by atoms with E-state index in [1.54, 1.807) is 6.20 Å². The third-order valence-electron chi connectivity index (χ3n) is 4.63. The highest BCUT2D eigenvalue weighted by atomic mass is 15.2. The summed E-state index contributed by atoms with van der Waals surface area (Å²) in [5, 5.41) is 9.36. The van der Waals surface area contributed by atoms with Crippen LogP contribution in [-0.2, 0) is 0 Å². The highest BCUT2D eigenvalue weighted by Gasteiger charge is 2.33. The summed E-state index contributed by atoms with van der Waals surface area (Å²) in [4.78, 5) is 2.52. The second-order valence-corrected chi connectivity index (χ2v) is 5.66. The van der Waals surface area contributed by atoms with E-state index >= 15 is 0 Å². The predicted molar refractivity (Wildman–Crippen MR) is 76.7 cm³/mol. The molecule has 2 aliphatic rings. The van der Waals surface area contributed by atoms with E-state index in [0.717, 1.165) is 16.9 Å². The third-order valence-corrected chi connectivity index (χ3v) is 4.63. The number of rotatable bonds is 1. The Balaban J connectivity index is 1.77. The SMILES string of the molecule is CN1C2C=C(c3ccc4ccnnc4c3)CC1CC2. The van der Waals surface area contributed by atoms with Crippen LogP contribution in [0.3, 0.4) is 0 Å². The number of benzene rings is 1. The van der Waals surface area contributed by atoms with Crippen molar-refractivity contribution in [3.8, 4) is 0 Å². The zero-order valence-electron chi connectivity index (χ0n) is 11.1. The van der Waals surface area contributed by atoms with Crippen molar-refractivity contribution in [1.29, 1.82) is 0 Å². The van der Waals surface area contributed by atoms with Crippen LogP contribution in [0.15, 0.2) is 36.5 Å². The van der Waals surface area contributed by atoms with Crippen LogP contribution < -0.4 is 0 Å². The predicted octanol–water partition coefficient (Wildman–Crippen LogP) is 2.88. The maximum absolute atomic E-state index is 4.22. The third kappa shape index (κ3) is 1.77.